The van der Waals surface area contributed by atoms with E-state index in [4.69, 9.17) is 0 Å². The summed E-state index contributed by atoms with van der Waals surface area (Å²) in [6.45, 7) is 2.78. The summed E-state index contributed by atoms with van der Waals surface area (Å²) in [6.07, 6.45) is 5.78. The molecule has 0 unspecified atom stereocenters. The second-order valence-electron chi connectivity index (χ2n) is 6.92. The molecule has 7 heteroatoms. The first kappa shape index (κ1) is 17.9. The molecule has 0 bridgehead atoms. The number of likely N-dealkylation sites (tertiary alicyclic amines) is 1. The second-order valence-corrected chi connectivity index (χ2v) is 7.87. The van der Waals surface area contributed by atoms with E-state index in [-0.39, 0.29) is 11.9 Å². The molecule has 0 aromatic carbocycles. The average Bonchev–Trinajstić information content (AvgIpc) is 3.32. The standard InChI is InChI=1S/C20H23N5OS/c1-24-18(11-17(23-24)19-7-4-10-27-19)20(26)22-16-6-3-9-25(14-16)13-15-5-2-8-21-12-15/h2,4-5,7-8,10-12,16H,3,6,9,13-14H2,1H3,(H,22,26)/t16-/m1/s1. The lowest BCUT2D eigenvalue weighted by atomic mass is 10.0. The first-order chi connectivity index (χ1) is 13.2. The summed E-state index contributed by atoms with van der Waals surface area (Å²) in [4.78, 5) is 20.4. The molecular weight excluding hydrogens is 358 g/mol. The van der Waals surface area contributed by atoms with Crippen LogP contribution in [0.4, 0.5) is 0 Å². The molecule has 0 saturated carbocycles. The molecule has 1 fully saturated rings. The van der Waals surface area contributed by atoms with E-state index in [9.17, 15) is 4.79 Å². The fraction of sp³-hybridized carbons (Fsp3) is 0.350. The van der Waals surface area contributed by atoms with Gasteiger partial charge in [0.2, 0.25) is 0 Å². The molecule has 1 aliphatic rings. The Balaban J connectivity index is 1.39. The summed E-state index contributed by atoms with van der Waals surface area (Å²) in [5, 5.41) is 9.70. The van der Waals surface area contributed by atoms with Gasteiger partial charge >= 0.3 is 0 Å². The first-order valence-corrected chi connectivity index (χ1v) is 10.1. The fourth-order valence-corrected chi connectivity index (χ4v) is 4.23. The molecule has 0 spiro atoms. The predicted octanol–water partition coefficient (Wildman–Crippen LogP) is 2.94. The Hall–Kier alpha value is -2.51. The van der Waals surface area contributed by atoms with Crippen LogP contribution in [0.15, 0.2) is 48.1 Å². The zero-order valence-electron chi connectivity index (χ0n) is 15.3. The molecule has 4 heterocycles. The average molecular weight is 382 g/mol. The highest BCUT2D eigenvalue weighted by Crippen LogP contribution is 2.24. The van der Waals surface area contributed by atoms with Gasteiger partial charge in [-0.15, -0.1) is 11.3 Å². The number of aromatic nitrogens is 3. The number of carbonyl (C=O) groups is 1. The maximum Gasteiger partial charge on any atom is 0.269 e. The van der Waals surface area contributed by atoms with Crippen LogP contribution in [0.5, 0.6) is 0 Å². The molecule has 27 heavy (non-hydrogen) atoms. The number of aryl methyl sites for hydroxylation is 1. The van der Waals surface area contributed by atoms with Crippen molar-refractivity contribution in [3.63, 3.8) is 0 Å². The van der Waals surface area contributed by atoms with Crippen LogP contribution in [-0.4, -0.2) is 44.7 Å². The number of piperidine rings is 1. The summed E-state index contributed by atoms with van der Waals surface area (Å²) in [5.74, 6) is -0.0546. The highest BCUT2D eigenvalue weighted by Gasteiger charge is 2.23. The van der Waals surface area contributed by atoms with Crippen molar-refractivity contribution >= 4 is 17.2 Å². The molecule has 1 aliphatic heterocycles. The molecule has 1 saturated heterocycles. The number of hydrogen-bond donors (Lipinski definition) is 1. The van der Waals surface area contributed by atoms with E-state index in [1.54, 1.807) is 22.2 Å². The lowest BCUT2D eigenvalue weighted by molar-refractivity contribution is 0.0891. The van der Waals surface area contributed by atoms with Crippen molar-refractivity contribution in [2.75, 3.05) is 13.1 Å². The number of nitrogens with zero attached hydrogens (tertiary/aromatic N) is 4. The van der Waals surface area contributed by atoms with Crippen molar-refractivity contribution in [3.8, 4) is 10.6 Å². The number of amides is 1. The van der Waals surface area contributed by atoms with Gasteiger partial charge in [-0.1, -0.05) is 12.1 Å². The third-order valence-electron chi connectivity index (χ3n) is 4.86. The first-order valence-electron chi connectivity index (χ1n) is 9.19. The minimum absolute atomic E-state index is 0.0546. The molecule has 0 radical (unpaired) electrons. The Bertz CT molecular complexity index is 891. The predicted molar refractivity (Wildman–Crippen MR) is 107 cm³/mol. The summed E-state index contributed by atoms with van der Waals surface area (Å²) >= 11 is 1.63. The van der Waals surface area contributed by atoms with Crippen molar-refractivity contribution in [1.82, 2.24) is 25.0 Å². The van der Waals surface area contributed by atoms with E-state index in [2.05, 4.69) is 26.4 Å². The Kier molecular flexibility index (Phi) is 5.31. The van der Waals surface area contributed by atoms with Gasteiger partial charge in [-0.05, 0) is 48.5 Å². The zero-order valence-corrected chi connectivity index (χ0v) is 16.2. The van der Waals surface area contributed by atoms with E-state index in [1.807, 2.05) is 42.9 Å². The van der Waals surface area contributed by atoms with Crippen LogP contribution in [-0.2, 0) is 13.6 Å². The molecule has 3 aromatic heterocycles. The van der Waals surface area contributed by atoms with Gasteiger partial charge in [0, 0.05) is 38.6 Å². The van der Waals surface area contributed by atoms with Crippen molar-refractivity contribution in [2.45, 2.75) is 25.4 Å². The van der Waals surface area contributed by atoms with Gasteiger partial charge < -0.3 is 5.32 Å². The van der Waals surface area contributed by atoms with Gasteiger partial charge in [-0.25, -0.2) is 0 Å². The number of hydrogen-bond acceptors (Lipinski definition) is 5. The molecule has 140 valence electrons. The maximum atomic E-state index is 12.8. The fourth-order valence-electron chi connectivity index (χ4n) is 3.55. The van der Waals surface area contributed by atoms with E-state index < -0.39 is 0 Å². The number of nitrogens with one attached hydrogen (secondary N) is 1. The number of pyridine rings is 1. The zero-order chi connectivity index (χ0) is 18.6. The molecule has 0 aliphatic carbocycles. The molecule has 1 atom stereocenters. The lowest BCUT2D eigenvalue weighted by Gasteiger charge is -2.33. The van der Waals surface area contributed by atoms with E-state index in [0.717, 1.165) is 43.0 Å². The largest absolute Gasteiger partial charge is 0.347 e. The van der Waals surface area contributed by atoms with Crippen LogP contribution in [0.2, 0.25) is 0 Å². The monoisotopic (exact) mass is 381 g/mol. The SMILES string of the molecule is Cn1nc(-c2cccs2)cc1C(=O)N[C@@H]1CCCN(Cc2cccnc2)C1. The summed E-state index contributed by atoms with van der Waals surface area (Å²) < 4.78 is 1.67. The van der Waals surface area contributed by atoms with E-state index in [0.29, 0.717) is 5.69 Å². The van der Waals surface area contributed by atoms with Gasteiger partial charge in [0.05, 0.1) is 4.88 Å². The summed E-state index contributed by atoms with van der Waals surface area (Å²) in [7, 11) is 1.82. The summed E-state index contributed by atoms with van der Waals surface area (Å²) in [6, 6.07) is 10.1. The van der Waals surface area contributed by atoms with Crippen molar-refractivity contribution < 1.29 is 4.79 Å². The minimum Gasteiger partial charge on any atom is -0.347 e. The Morgan fingerprint density at radius 3 is 3.07 bits per heavy atom. The molecule has 6 nitrogen and oxygen atoms in total. The van der Waals surface area contributed by atoms with Gasteiger partial charge in [-0.2, -0.15) is 5.10 Å². The molecule has 1 N–H and O–H groups in total. The molecule has 4 rings (SSSR count). The normalized spacial score (nSPS) is 17.7. The Morgan fingerprint density at radius 2 is 2.30 bits per heavy atom. The van der Waals surface area contributed by atoms with Crippen LogP contribution in [0, 0.1) is 0 Å². The van der Waals surface area contributed by atoms with Crippen LogP contribution < -0.4 is 5.32 Å². The highest BCUT2D eigenvalue weighted by molar-refractivity contribution is 7.13. The van der Waals surface area contributed by atoms with E-state index in [1.165, 1.54) is 5.56 Å². The third kappa shape index (κ3) is 4.26. The third-order valence-corrected chi connectivity index (χ3v) is 5.75. The van der Waals surface area contributed by atoms with Gasteiger partial charge in [-0.3, -0.25) is 19.4 Å². The smallest absolute Gasteiger partial charge is 0.269 e. The van der Waals surface area contributed by atoms with Crippen LogP contribution in [0.3, 0.4) is 0 Å². The Morgan fingerprint density at radius 1 is 1.37 bits per heavy atom. The number of rotatable bonds is 5. The van der Waals surface area contributed by atoms with Crippen LogP contribution >= 0.6 is 11.3 Å². The van der Waals surface area contributed by atoms with Crippen molar-refractivity contribution in [1.29, 1.82) is 0 Å². The van der Waals surface area contributed by atoms with Gasteiger partial charge in [0.1, 0.15) is 11.4 Å². The quantitative estimate of drug-likeness (QED) is 0.738. The van der Waals surface area contributed by atoms with Crippen molar-refractivity contribution in [2.24, 2.45) is 7.05 Å². The number of carbonyl (C=O) groups excluding carboxylic acids is 1. The molecular formula is C20H23N5OS. The van der Waals surface area contributed by atoms with Crippen LogP contribution in [0.1, 0.15) is 28.9 Å². The summed E-state index contributed by atoms with van der Waals surface area (Å²) in [5.41, 5.74) is 2.65. The van der Waals surface area contributed by atoms with Gasteiger partial charge in [0.25, 0.3) is 5.91 Å². The highest BCUT2D eigenvalue weighted by atomic mass is 32.1. The van der Waals surface area contributed by atoms with Gasteiger partial charge in [0.15, 0.2) is 0 Å². The molecule has 1 amide bonds. The topological polar surface area (TPSA) is 63.1 Å². The maximum absolute atomic E-state index is 12.8. The Labute approximate surface area is 162 Å². The van der Waals surface area contributed by atoms with Crippen LogP contribution in [0.25, 0.3) is 10.6 Å². The van der Waals surface area contributed by atoms with E-state index >= 15 is 0 Å². The second kappa shape index (κ2) is 8.02. The minimum atomic E-state index is -0.0546. The lowest BCUT2D eigenvalue weighted by Crippen LogP contribution is -2.47. The molecule has 3 aromatic rings. The van der Waals surface area contributed by atoms with Crippen molar-refractivity contribution in [3.05, 3.63) is 59.4 Å². The number of thiophene rings is 1.